The third-order valence-corrected chi connectivity index (χ3v) is 3.65. The van der Waals surface area contributed by atoms with Crippen molar-refractivity contribution < 1.29 is 14.1 Å². The minimum atomic E-state index is -0.505. The second-order valence-corrected chi connectivity index (χ2v) is 5.05. The molecule has 1 aliphatic heterocycles. The average Bonchev–Trinajstić information content (AvgIpc) is 2.92. The zero-order chi connectivity index (χ0) is 14.4. The molecule has 2 heterocycles. The summed E-state index contributed by atoms with van der Waals surface area (Å²) in [4.78, 5) is 25.7. The van der Waals surface area contributed by atoms with E-state index in [4.69, 9.17) is 4.52 Å². The van der Waals surface area contributed by atoms with E-state index < -0.39 is 11.7 Å². The van der Waals surface area contributed by atoms with Crippen LogP contribution in [-0.2, 0) is 11.3 Å². The molecule has 0 fully saturated rings. The largest absolute Gasteiger partial charge is 0.361 e. The number of carbonyl (C=O) groups is 2. The Hall–Kier alpha value is -2.43. The van der Waals surface area contributed by atoms with Gasteiger partial charge in [0.05, 0.1) is 17.8 Å². The van der Waals surface area contributed by atoms with Gasteiger partial charge < -0.3 is 4.52 Å². The molecule has 1 aromatic carbocycles. The number of fused-ring (bicyclic) bond motifs is 1. The Morgan fingerprint density at radius 3 is 2.60 bits per heavy atom. The maximum absolute atomic E-state index is 12.2. The number of nitrogens with zero attached hydrogens (tertiary/aromatic N) is 2. The first-order chi connectivity index (χ1) is 9.49. The second kappa shape index (κ2) is 4.30. The van der Waals surface area contributed by atoms with Crippen LogP contribution in [0.25, 0.3) is 0 Å². The van der Waals surface area contributed by atoms with E-state index in [-0.39, 0.29) is 6.54 Å². The Kier molecular flexibility index (Phi) is 2.71. The highest BCUT2D eigenvalue weighted by molar-refractivity contribution is 6.52. The van der Waals surface area contributed by atoms with Crippen molar-refractivity contribution in [2.75, 3.05) is 4.90 Å². The fraction of sp³-hybridized carbons (Fsp3) is 0.267. The molecule has 0 bridgehead atoms. The van der Waals surface area contributed by atoms with E-state index in [0.717, 1.165) is 11.1 Å². The monoisotopic (exact) mass is 270 g/mol. The van der Waals surface area contributed by atoms with E-state index in [0.29, 0.717) is 22.7 Å². The fourth-order valence-corrected chi connectivity index (χ4v) is 2.48. The maximum atomic E-state index is 12.2. The van der Waals surface area contributed by atoms with Crippen LogP contribution in [0.15, 0.2) is 22.7 Å². The summed E-state index contributed by atoms with van der Waals surface area (Å²) in [7, 11) is 0. The first kappa shape index (κ1) is 12.6. The molecule has 2 aromatic rings. The van der Waals surface area contributed by atoms with Crippen molar-refractivity contribution in [1.29, 1.82) is 0 Å². The van der Waals surface area contributed by atoms with Gasteiger partial charge in [-0.1, -0.05) is 11.2 Å². The van der Waals surface area contributed by atoms with Crippen molar-refractivity contribution in [2.45, 2.75) is 27.3 Å². The smallest absolute Gasteiger partial charge is 0.299 e. The summed E-state index contributed by atoms with van der Waals surface area (Å²) in [6.45, 7) is 5.92. The van der Waals surface area contributed by atoms with Gasteiger partial charge in [-0.25, -0.2) is 0 Å². The van der Waals surface area contributed by atoms with Crippen molar-refractivity contribution in [3.8, 4) is 0 Å². The first-order valence-corrected chi connectivity index (χ1v) is 6.37. The minimum Gasteiger partial charge on any atom is -0.361 e. The van der Waals surface area contributed by atoms with Gasteiger partial charge in [0.15, 0.2) is 0 Å². The van der Waals surface area contributed by atoms with Gasteiger partial charge in [0.1, 0.15) is 11.5 Å². The van der Waals surface area contributed by atoms with Crippen LogP contribution < -0.4 is 4.90 Å². The maximum Gasteiger partial charge on any atom is 0.299 e. The predicted molar refractivity (Wildman–Crippen MR) is 72.7 cm³/mol. The molecular formula is C15H14N2O3. The molecule has 0 atom stereocenters. The summed E-state index contributed by atoms with van der Waals surface area (Å²) in [6, 6.07) is 5.34. The van der Waals surface area contributed by atoms with Gasteiger partial charge in [-0.15, -0.1) is 0 Å². The lowest BCUT2D eigenvalue weighted by Crippen LogP contribution is -2.29. The minimum absolute atomic E-state index is 0.249. The summed E-state index contributed by atoms with van der Waals surface area (Å²) < 4.78 is 5.01. The highest BCUT2D eigenvalue weighted by Crippen LogP contribution is 2.34. The van der Waals surface area contributed by atoms with E-state index in [9.17, 15) is 9.59 Å². The number of rotatable bonds is 2. The molecule has 1 aromatic heterocycles. The van der Waals surface area contributed by atoms with Gasteiger partial charge >= 0.3 is 0 Å². The van der Waals surface area contributed by atoms with Crippen molar-refractivity contribution in [2.24, 2.45) is 0 Å². The van der Waals surface area contributed by atoms with Crippen LogP contribution in [0.1, 0.15) is 32.9 Å². The summed E-state index contributed by atoms with van der Waals surface area (Å²) >= 11 is 0. The van der Waals surface area contributed by atoms with Gasteiger partial charge in [0, 0.05) is 6.07 Å². The number of hydrogen-bond acceptors (Lipinski definition) is 4. The van der Waals surface area contributed by atoms with Crippen LogP contribution in [-0.4, -0.2) is 16.8 Å². The molecule has 3 rings (SSSR count). The number of Topliss-reactive ketones (excluding diaryl/α,β-unsaturated/α-hetero) is 1. The highest BCUT2D eigenvalue weighted by Gasteiger charge is 2.37. The Morgan fingerprint density at radius 1 is 1.20 bits per heavy atom. The molecule has 1 amide bonds. The third kappa shape index (κ3) is 1.74. The van der Waals surface area contributed by atoms with Crippen LogP contribution in [0.2, 0.25) is 0 Å². The average molecular weight is 270 g/mol. The normalized spacial score (nSPS) is 14.1. The standard InChI is InChI=1S/C15H14N2O3/c1-8-4-5-12-13(10(8)3)17(15(19)14(12)18)7-11-6-9(2)20-16-11/h4-6H,7H2,1-3H3. The number of ketones is 1. The fourth-order valence-electron chi connectivity index (χ4n) is 2.48. The lowest BCUT2D eigenvalue weighted by Gasteiger charge is -2.18. The molecule has 5 nitrogen and oxygen atoms in total. The van der Waals surface area contributed by atoms with Crippen molar-refractivity contribution in [3.05, 3.63) is 46.3 Å². The number of aromatic nitrogens is 1. The van der Waals surface area contributed by atoms with E-state index in [1.165, 1.54) is 4.90 Å². The van der Waals surface area contributed by atoms with Crippen molar-refractivity contribution >= 4 is 17.4 Å². The summed E-state index contributed by atoms with van der Waals surface area (Å²) in [5.41, 5.74) is 3.80. The zero-order valence-electron chi connectivity index (χ0n) is 11.6. The van der Waals surface area contributed by atoms with Crippen LogP contribution in [0, 0.1) is 20.8 Å². The molecule has 0 saturated heterocycles. The van der Waals surface area contributed by atoms with Gasteiger partial charge in [-0.3, -0.25) is 14.5 Å². The molecule has 0 radical (unpaired) electrons. The first-order valence-electron chi connectivity index (χ1n) is 6.37. The van der Waals surface area contributed by atoms with Crippen LogP contribution in [0.3, 0.4) is 0 Å². The lowest BCUT2D eigenvalue weighted by atomic mass is 10.0. The van der Waals surface area contributed by atoms with Gasteiger partial charge in [0.2, 0.25) is 0 Å². The van der Waals surface area contributed by atoms with E-state index >= 15 is 0 Å². The Labute approximate surface area is 116 Å². The second-order valence-electron chi connectivity index (χ2n) is 5.05. The highest BCUT2D eigenvalue weighted by atomic mass is 16.5. The van der Waals surface area contributed by atoms with E-state index in [1.54, 1.807) is 19.1 Å². The zero-order valence-corrected chi connectivity index (χ0v) is 11.6. The number of anilines is 1. The topological polar surface area (TPSA) is 63.4 Å². The quantitative estimate of drug-likeness (QED) is 0.786. The summed E-state index contributed by atoms with van der Waals surface area (Å²) in [5, 5.41) is 3.88. The van der Waals surface area contributed by atoms with Crippen LogP contribution in [0.4, 0.5) is 5.69 Å². The Morgan fingerprint density at radius 2 is 1.95 bits per heavy atom. The van der Waals surface area contributed by atoms with Gasteiger partial charge in [0.25, 0.3) is 11.7 Å². The van der Waals surface area contributed by atoms with Crippen LogP contribution in [0.5, 0.6) is 0 Å². The van der Waals surface area contributed by atoms with Crippen molar-refractivity contribution in [1.82, 2.24) is 5.16 Å². The van der Waals surface area contributed by atoms with E-state index in [1.807, 2.05) is 19.9 Å². The van der Waals surface area contributed by atoms with Gasteiger partial charge in [-0.05, 0) is 38.0 Å². The number of aryl methyl sites for hydroxylation is 2. The SMILES string of the molecule is Cc1cc(CN2C(=O)C(=O)c3ccc(C)c(C)c32)no1. The molecule has 0 saturated carbocycles. The van der Waals surface area contributed by atoms with E-state index in [2.05, 4.69) is 5.16 Å². The molecule has 0 spiro atoms. The molecular weight excluding hydrogens is 256 g/mol. The number of hydrogen-bond donors (Lipinski definition) is 0. The molecule has 5 heteroatoms. The number of benzene rings is 1. The summed E-state index contributed by atoms with van der Waals surface area (Å²) in [6.07, 6.45) is 0. The van der Waals surface area contributed by atoms with Crippen molar-refractivity contribution in [3.63, 3.8) is 0 Å². The molecule has 0 unspecified atom stereocenters. The molecule has 20 heavy (non-hydrogen) atoms. The predicted octanol–water partition coefficient (Wildman–Crippen LogP) is 2.33. The van der Waals surface area contributed by atoms with Crippen LogP contribution >= 0.6 is 0 Å². The summed E-state index contributed by atoms with van der Waals surface area (Å²) in [5.74, 6) is -0.281. The Bertz CT molecular complexity index is 731. The lowest BCUT2D eigenvalue weighted by molar-refractivity contribution is -0.114. The molecule has 102 valence electrons. The molecule has 0 N–H and O–H groups in total. The van der Waals surface area contributed by atoms with Gasteiger partial charge in [-0.2, -0.15) is 0 Å². The Balaban J connectivity index is 2.07. The third-order valence-electron chi connectivity index (χ3n) is 3.65. The molecule has 0 aliphatic carbocycles. The number of amides is 1. The molecule has 1 aliphatic rings. The number of carbonyl (C=O) groups excluding carboxylic acids is 2.